The van der Waals surface area contributed by atoms with E-state index >= 15 is 0 Å². The first kappa shape index (κ1) is 12.6. The summed E-state index contributed by atoms with van der Waals surface area (Å²) in [7, 11) is 0. The van der Waals surface area contributed by atoms with Crippen molar-refractivity contribution < 1.29 is 4.79 Å². The third-order valence-electron chi connectivity index (χ3n) is 2.10. The van der Waals surface area contributed by atoms with Gasteiger partial charge in [-0.1, -0.05) is 29.8 Å². The highest BCUT2D eigenvalue weighted by atomic mass is 35.5. The van der Waals surface area contributed by atoms with Gasteiger partial charge in [0.25, 0.3) is 0 Å². The summed E-state index contributed by atoms with van der Waals surface area (Å²) in [5, 5.41) is 6.11. The van der Waals surface area contributed by atoms with Crippen LogP contribution in [0.1, 0.15) is 18.5 Å². The summed E-state index contributed by atoms with van der Waals surface area (Å²) in [6.07, 6.45) is 1.63. The average molecular weight is 239 g/mol. The molecule has 1 aromatic carbocycles. The van der Waals surface area contributed by atoms with Crippen LogP contribution in [0.2, 0.25) is 5.02 Å². The largest absolute Gasteiger partial charge is 0.335 e. The topological polar surface area (TPSA) is 41.1 Å². The fourth-order valence-corrected chi connectivity index (χ4v) is 1.47. The number of nitrogens with one attached hydrogen (secondary N) is 2. The van der Waals surface area contributed by atoms with E-state index < -0.39 is 0 Å². The lowest BCUT2D eigenvalue weighted by Crippen LogP contribution is -2.37. The second kappa shape index (κ2) is 6.18. The lowest BCUT2D eigenvalue weighted by molar-refractivity contribution is 0.239. The van der Waals surface area contributed by atoms with E-state index in [2.05, 4.69) is 17.2 Å². The van der Waals surface area contributed by atoms with Gasteiger partial charge in [-0.15, -0.1) is 6.58 Å². The van der Waals surface area contributed by atoms with Crippen molar-refractivity contribution in [1.82, 2.24) is 10.6 Å². The highest BCUT2D eigenvalue weighted by molar-refractivity contribution is 6.30. The Morgan fingerprint density at radius 3 is 3.00 bits per heavy atom. The van der Waals surface area contributed by atoms with E-state index in [-0.39, 0.29) is 12.1 Å². The van der Waals surface area contributed by atoms with Gasteiger partial charge in [0.1, 0.15) is 0 Å². The van der Waals surface area contributed by atoms with E-state index in [1.807, 2.05) is 25.1 Å². The lowest BCUT2D eigenvalue weighted by atomic mass is 10.1. The molecule has 0 aliphatic carbocycles. The second-order valence-corrected chi connectivity index (χ2v) is 3.86. The Morgan fingerprint density at radius 2 is 2.38 bits per heavy atom. The van der Waals surface area contributed by atoms with Gasteiger partial charge in [-0.2, -0.15) is 0 Å². The number of carbonyl (C=O) groups is 1. The maximum absolute atomic E-state index is 11.4. The fraction of sp³-hybridized carbons (Fsp3) is 0.250. The van der Waals surface area contributed by atoms with E-state index in [0.29, 0.717) is 11.6 Å². The zero-order valence-corrected chi connectivity index (χ0v) is 9.92. The van der Waals surface area contributed by atoms with Gasteiger partial charge in [-0.25, -0.2) is 4.79 Å². The Kier molecular flexibility index (Phi) is 4.86. The van der Waals surface area contributed by atoms with Crippen molar-refractivity contribution >= 4 is 17.6 Å². The molecule has 86 valence electrons. The molecule has 16 heavy (non-hydrogen) atoms. The molecule has 0 bridgehead atoms. The number of urea groups is 1. The van der Waals surface area contributed by atoms with Crippen molar-refractivity contribution in [3.05, 3.63) is 47.5 Å². The number of hydrogen-bond acceptors (Lipinski definition) is 1. The Hall–Kier alpha value is -1.48. The molecule has 1 aromatic rings. The molecule has 0 spiro atoms. The number of hydrogen-bond donors (Lipinski definition) is 2. The SMILES string of the molecule is C=CCNC(=O)N[C@@H](C)c1cccc(Cl)c1. The van der Waals surface area contributed by atoms with Crippen LogP contribution in [0.15, 0.2) is 36.9 Å². The summed E-state index contributed by atoms with van der Waals surface area (Å²) in [5.74, 6) is 0. The van der Waals surface area contributed by atoms with Crippen LogP contribution in [0.4, 0.5) is 4.79 Å². The first-order valence-corrected chi connectivity index (χ1v) is 5.42. The van der Waals surface area contributed by atoms with Crippen LogP contribution in [0.25, 0.3) is 0 Å². The van der Waals surface area contributed by atoms with Crippen molar-refractivity contribution in [3.63, 3.8) is 0 Å². The molecule has 0 fully saturated rings. The minimum atomic E-state index is -0.215. The maximum Gasteiger partial charge on any atom is 0.315 e. The van der Waals surface area contributed by atoms with Crippen molar-refractivity contribution in [3.8, 4) is 0 Å². The molecule has 0 aliphatic heterocycles. The van der Waals surface area contributed by atoms with Crippen LogP contribution in [0.3, 0.4) is 0 Å². The number of rotatable bonds is 4. The van der Waals surface area contributed by atoms with Crippen LogP contribution in [-0.4, -0.2) is 12.6 Å². The number of carbonyl (C=O) groups excluding carboxylic acids is 1. The van der Waals surface area contributed by atoms with Crippen LogP contribution >= 0.6 is 11.6 Å². The number of amides is 2. The maximum atomic E-state index is 11.4. The van der Waals surface area contributed by atoms with Gasteiger partial charge in [0.05, 0.1) is 6.04 Å². The van der Waals surface area contributed by atoms with E-state index in [1.165, 1.54) is 0 Å². The predicted octanol–water partition coefficient (Wildman–Crippen LogP) is 2.89. The molecule has 4 heteroatoms. The Balaban J connectivity index is 2.54. The average Bonchev–Trinajstić information content (AvgIpc) is 2.26. The molecule has 0 saturated carbocycles. The zero-order valence-electron chi connectivity index (χ0n) is 9.16. The van der Waals surface area contributed by atoms with Crippen molar-refractivity contribution in [2.75, 3.05) is 6.54 Å². The number of halogens is 1. The molecule has 0 saturated heterocycles. The van der Waals surface area contributed by atoms with Crippen molar-refractivity contribution in [1.29, 1.82) is 0 Å². The van der Waals surface area contributed by atoms with Gasteiger partial charge in [0.2, 0.25) is 0 Å². The van der Waals surface area contributed by atoms with Crippen molar-refractivity contribution in [2.45, 2.75) is 13.0 Å². The van der Waals surface area contributed by atoms with Gasteiger partial charge >= 0.3 is 6.03 Å². The Bertz CT molecular complexity index is 379. The minimum absolute atomic E-state index is 0.0801. The second-order valence-electron chi connectivity index (χ2n) is 3.42. The summed E-state index contributed by atoms with van der Waals surface area (Å²) >= 11 is 5.87. The first-order valence-electron chi connectivity index (χ1n) is 5.04. The standard InChI is InChI=1S/C12H15ClN2O/c1-3-7-14-12(16)15-9(2)10-5-4-6-11(13)8-10/h3-6,8-9H,1,7H2,2H3,(H2,14,15,16)/t9-/m0/s1. The monoisotopic (exact) mass is 238 g/mol. The van der Waals surface area contributed by atoms with Crippen molar-refractivity contribution in [2.24, 2.45) is 0 Å². The molecule has 3 nitrogen and oxygen atoms in total. The van der Waals surface area contributed by atoms with E-state index in [4.69, 9.17) is 11.6 Å². The van der Waals surface area contributed by atoms with E-state index in [0.717, 1.165) is 5.56 Å². The molecule has 1 atom stereocenters. The van der Waals surface area contributed by atoms with Gasteiger partial charge < -0.3 is 10.6 Å². The zero-order chi connectivity index (χ0) is 12.0. The molecule has 0 aromatic heterocycles. The third kappa shape index (κ3) is 3.95. The quantitative estimate of drug-likeness (QED) is 0.779. The molecule has 0 heterocycles. The highest BCUT2D eigenvalue weighted by Gasteiger charge is 2.08. The highest BCUT2D eigenvalue weighted by Crippen LogP contribution is 2.16. The molecule has 2 amide bonds. The normalized spacial score (nSPS) is 11.6. The van der Waals surface area contributed by atoms with Gasteiger partial charge in [-0.05, 0) is 24.6 Å². The van der Waals surface area contributed by atoms with Crippen LogP contribution in [0, 0.1) is 0 Å². The fourth-order valence-electron chi connectivity index (χ4n) is 1.27. The minimum Gasteiger partial charge on any atom is -0.335 e. The van der Waals surface area contributed by atoms with Crippen LogP contribution in [0.5, 0.6) is 0 Å². The predicted molar refractivity (Wildman–Crippen MR) is 66.6 cm³/mol. The van der Waals surface area contributed by atoms with Crippen LogP contribution < -0.4 is 10.6 Å². The van der Waals surface area contributed by atoms with Gasteiger partial charge in [0, 0.05) is 11.6 Å². The summed E-state index contributed by atoms with van der Waals surface area (Å²) in [4.78, 5) is 11.4. The summed E-state index contributed by atoms with van der Waals surface area (Å²) in [6, 6.07) is 7.12. The van der Waals surface area contributed by atoms with E-state index in [1.54, 1.807) is 12.1 Å². The third-order valence-corrected chi connectivity index (χ3v) is 2.34. The Labute approximate surface area is 100 Å². The molecule has 0 radical (unpaired) electrons. The number of benzene rings is 1. The first-order chi connectivity index (χ1) is 7.63. The summed E-state index contributed by atoms with van der Waals surface area (Å²) in [5.41, 5.74) is 0.973. The summed E-state index contributed by atoms with van der Waals surface area (Å²) in [6.45, 7) is 5.88. The van der Waals surface area contributed by atoms with E-state index in [9.17, 15) is 4.79 Å². The summed E-state index contributed by atoms with van der Waals surface area (Å²) < 4.78 is 0. The van der Waals surface area contributed by atoms with Gasteiger partial charge in [0.15, 0.2) is 0 Å². The smallest absolute Gasteiger partial charge is 0.315 e. The molecule has 2 N–H and O–H groups in total. The molecular formula is C12H15ClN2O. The molecular weight excluding hydrogens is 224 g/mol. The molecule has 1 rings (SSSR count). The molecule has 0 aliphatic rings. The van der Waals surface area contributed by atoms with Crippen LogP contribution in [-0.2, 0) is 0 Å². The molecule has 0 unspecified atom stereocenters. The van der Waals surface area contributed by atoms with Gasteiger partial charge in [-0.3, -0.25) is 0 Å². The lowest BCUT2D eigenvalue weighted by Gasteiger charge is -2.14. The Morgan fingerprint density at radius 1 is 1.62 bits per heavy atom.